The smallest absolute Gasteiger partial charge is 0.383 e. The van der Waals surface area contributed by atoms with E-state index in [1.165, 1.54) is 27.8 Å². The van der Waals surface area contributed by atoms with Crippen molar-refractivity contribution in [2.45, 2.75) is 18.1 Å². The van der Waals surface area contributed by atoms with E-state index in [1.54, 1.807) is 0 Å². The number of nitrogens with zero attached hydrogens (tertiary/aromatic N) is 2. The SMILES string of the molecule is CSc1nn(-c2c(Cl)cc(C(F)(F)F)cc2Cl)c(N)c1-c1cc(C)cs1. The molecule has 138 valence electrons. The second-order valence-corrected chi connectivity index (χ2v) is 7.98. The summed E-state index contributed by atoms with van der Waals surface area (Å²) in [6.07, 6.45) is -2.71. The van der Waals surface area contributed by atoms with E-state index >= 15 is 0 Å². The highest BCUT2D eigenvalue weighted by Gasteiger charge is 2.33. The Morgan fingerprint density at radius 1 is 1.19 bits per heavy atom. The van der Waals surface area contributed by atoms with Crippen molar-refractivity contribution in [3.63, 3.8) is 0 Å². The van der Waals surface area contributed by atoms with Crippen molar-refractivity contribution >= 4 is 52.1 Å². The quantitative estimate of drug-likeness (QED) is 0.473. The number of thioether (sulfide) groups is 1. The van der Waals surface area contributed by atoms with Gasteiger partial charge in [-0.25, -0.2) is 4.68 Å². The average Bonchev–Trinajstić information content (AvgIpc) is 3.09. The Balaban J connectivity index is 2.21. The summed E-state index contributed by atoms with van der Waals surface area (Å²) < 4.78 is 40.1. The Morgan fingerprint density at radius 2 is 1.81 bits per heavy atom. The van der Waals surface area contributed by atoms with E-state index < -0.39 is 11.7 Å². The average molecular weight is 438 g/mol. The van der Waals surface area contributed by atoms with Gasteiger partial charge in [-0.1, -0.05) is 23.2 Å². The van der Waals surface area contributed by atoms with Crippen LogP contribution >= 0.6 is 46.3 Å². The van der Waals surface area contributed by atoms with Gasteiger partial charge < -0.3 is 5.73 Å². The van der Waals surface area contributed by atoms with E-state index in [0.717, 1.165) is 22.6 Å². The largest absolute Gasteiger partial charge is 0.416 e. The summed E-state index contributed by atoms with van der Waals surface area (Å²) in [5.41, 5.74) is 7.25. The zero-order valence-electron chi connectivity index (χ0n) is 13.5. The number of alkyl halides is 3. The fourth-order valence-electron chi connectivity index (χ4n) is 2.45. The first-order chi connectivity index (χ1) is 12.1. The maximum Gasteiger partial charge on any atom is 0.416 e. The number of hydrogen-bond acceptors (Lipinski definition) is 4. The van der Waals surface area contributed by atoms with Crippen molar-refractivity contribution < 1.29 is 13.2 Å². The summed E-state index contributed by atoms with van der Waals surface area (Å²) in [4.78, 5) is 0.912. The number of benzene rings is 1. The van der Waals surface area contributed by atoms with Gasteiger partial charge >= 0.3 is 6.18 Å². The molecule has 2 N–H and O–H groups in total. The second kappa shape index (κ2) is 6.99. The Morgan fingerprint density at radius 3 is 2.27 bits per heavy atom. The van der Waals surface area contributed by atoms with E-state index in [-0.39, 0.29) is 21.6 Å². The molecule has 0 radical (unpaired) electrons. The molecule has 0 saturated carbocycles. The molecule has 3 rings (SSSR count). The van der Waals surface area contributed by atoms with Crippen LogP contribution in [0.25, 0.3) is 16.1 Å². The van der Waals surface area contributed by atoms with Crippen molar-refractivity contribution in [2.75, 3.05) is 12.0 Å². The molecule has 0 atom stereocenters. The molecule has 0 amide bonds. The molecule has 0 aliphatic carbocycles. The number of aromatic nitrogens is 2. The minimum absolute atomic E-state index is 0.119. The third-order valence-electron chi connectivity index (χ3n) is 3.62. The van der Waals surface area contributed by atoms with Gasteiger partial charge in [-0.15, -0.1) is 23.1 Å². The number of aryl methyl sites for hydroxylation is 1. The predicted molar refractivity (Wildman–Crippen MR) is 103 cm³/mol. The zero-order chi connectivity index (χ0) is 19.2. The maximum absolute atomic E-state index is 12.9. The molecule has 0 bridgehead atoms. The summed E-state index contributed by atoms with van der Waals surface area (Å²) in [5.74, 6) is 0.264. The van der Waals surface area contributed by atoms with Crippen molar-refractivity contribution in [2.24, 2.45) is 0 Å². The van der Waals surface area contributed by atoms with E-state index in [9.17, 15) is 13.2 Å². The first kappa shape index (κ1) is 19.4. The highest BCUT2D eigenvalue weighted by atomic mass is 35.5. The molecule has 0 unspecified atom stereocenters. The van der Waals surface area contributed by atoms with Gasteiger partial charge in [-0.2, -0.15) is 18.3 Å². The molecule has 0 saturated heterocycles. The number of halogens is 5. The van der Waals surface area contributed by atoms with Crippen LogP contribution in [0.2, 0.25) is 10.0 Å². The van der Waals surface area contributed by atoms with Gasteiger partial charge in [0, 0.05) is 4.88 Å². The zero-order valence-corrected chi connectivity index (χ0v) is 16.6. The summed E-state index contributed by atoms with van der Waals surface area (Å²) >= 11 is 15.1. The molecule has 26 heavy (non-hydrogen) atoms. The van der Waals surface area contributed by atoms with Crippen LogP contribution in [0.15, 0.2) is 28.6 Å². The van der Waals surface area contributed by atoms with Crippen LogP contribution < -0.4 is 5.73 Å². The summed E-state index contributed by atoms with van der Waals surface area (Å²) in [6, 6.07) is 3.60. The lowest BCUT2D eigenvalue weighted by molar-refractivity contribution is -0.137. The second-order valence-electron chi connectivity index (χ2n) is 5.46. The first-order valence-electron chi connectivity index (χ1n) is 7.18. The van der Waals surface area contributed by atoms with Gasteiger partial charge in [-0.05, 0) is 42.3 Å². The standard InChI is InChI=1S/C16H12Cl2F3N3S2/c1-7-3-11(26-6-7)12-14(22)24(23-15(12)25-2)13-9(17)4-8(5-10(13)18)16(19,20)21/h3-6H,22H2,1-2H3. The molecule has 2 aromatic heterocycles. The van der Waals surface area contributed by atoms with Crippen molar-refractivity contribution in [3.05, 3.63) is 44.8 Å². The fraction of sp³-hybridized carbons (Fsp3) is 0.188. The van der Waals surface area contributed by atoms with Gasteiger partial charge in [0.1, 0.15) is 16.5 Å². The Labute approximate surface area is 165 Å². The lowest BCUT2D eigenvalue weighted by Crippen LogP contribution is -2.08. The molecule has 3 nitrogen and oxygen atoms in total. The molecule has 3 aromatic rings. The predicted octanol–water partition coefficient (Wildman–Crippen LogP) is 6.54. The highest BCUT2D eigenvalue weighted by molar-refractivity contribution is 7.98. The maximum atomic E-state index is 12.9. The molecule has 2 heterocycles. The van der Waals surface area contributed by atoms with Crippen molar-refractivity contribution in [1.82, 2.24) is 9.78 Å². The molecular formula is C16H12Cl2F3N3S2. The molecule has 0 fully saturated rings. The third-order valence-corrected chi connectivity index (χ3v) is 5.93. The number of anilines is 1. The molecule has 0 aliphatic rings. The van der Waals surface area contributed by atoms with Crippen molar-refractivity contribution in [3.8, 4) is 16.1 Å². The summed E-state index contributed by atoms with van der Waals surface area (Å²) in [7, 11) is 0. The van der Waals surface area contributed by atoms with Crippen LogP contribution in [0.4, 0.5) is 19.0 Å². The number of hydrogen-bond donors (Lipinski definition) is 1. The van der Waals surface area contributed by atoms with Crippen LogP contribution in [-0.4, -0.2) is 16.0 Å². The van der Waals surface area contributed by atoms with Crippen molar-refractivity contribution in [1.29, 1.82) is 0 Å². The number of thiophene rings is 1. The molecule has 0 spiro atoms. The number of nitrogens with two attached hydrogens (primary N) is 1. The topological polar surface area (TPSA) is 43.8 Å². The van der Waals surface area contributed by atoms with E-state index in [0.29, 0.717) is 10.6 Å². The highest BCUT2D eigenvalue weighted by Crippen LogP contribution is 2.43. The van der Waals surface area contributed by atoms with Crippen LogP contribution in [-0.2, 0) is 6.18 Å². The van der Waals surface area contributed by atoms with E-state index in [1.807, 2.05) is 24.6 Å². The van der Waals surface area contributed by atoms with Gasteiger partial charge in [0.2, 0.25) is 0 Å². The molecule has 10 heteroatoms. The lowest BCUT2D eigenvalue weighted by Gasteiger charge is -2.13. The van der Waals surface area contributed by atoms with Gasteiger partial charge in [0.25, 0.3) is 0 Å². The fourth-order valence-corrected chi connectivity index (χ4v) is 4.70. The Bertz CT molecular complexity index is 957. The number of nitrogen functional groups attached to an aromatic ring is 1. The van der Waals surface area contributed by atoms with Crippen LogP contribution in [0.5, 0.6) is 0 Å². The Hall–Kier alpha value is -1.35. The first-order valence-corrected chi connectivity index (χ1v) is 10.0. The minimum Gasteiger partial charge on any atom is -0.383 e. The van der Waals surface area contributed by atoms with Crippen LogP contribution in [0, 0.1) is 6.92 Å². The van der Waals surface area contributed by atoms with Gasteiger partial charge in [0.15, 0.2) is 0 Å². The lowest BCUT2D eigenvalue weighted by atomic mass is 10.2. The minimum atomic E-state index is -4.55. The monoisotopic (exact) mass is 437 g/mol. The summed E-state index contributed by atoms with van der Waals surface area (Å²) in [6.45, 7) is 1.96. The van der Waals surface area contributed by atoms with E-state index in [4.69, 9.17) is 28.9 Å². The van der Waals surface area contributed by atoms with Crippen LogP contribution in [0.1, 0.15) is 11.1 Å². The Kier molecular flexibility index (Phi) is 5.22. The summed E-state index contributed by atoms with van der Waals surface area (Å²) in [5, 5.41) is 6.66. The molecule has 0 aliphatic heterocycles. The number of rotatable bonds is 3. The molecule has 1 aromatic carbocycles. The van der Waals surface area contributed by atoms with Gasteiger partial charge in [0.05, 0.1) is 21.2 Å². The third kappa shape index (κ3) is 3.43. The van der Waals surface area contributed by atoms with E-state index in [2.05, 4.69) is 5.10 Å². The van der Waals surface area contributed by atoms with Crippen LogP contribution in [0.3, 0.4) is 0 Å². The normalized spacial score (nSPS) is 12.0. The molecular weight excluding hydrogens is 426 g/mol. The van der Waals surface area contributed by atoms with Gasteiger partial charge in [-0.3, -0.25) is 0 Å².